The predicted octanol–water partition coefficient (Wildman–Crippen LogP) is 2.61. The van der Waals surface area contributed by atoms with Crippen LogP contribution in [0.5, 0.6) is 0 Å². The molecule has 1 aromatic carbocycles. The average Bonchev–Trinajstić information content (AvgIpc) is 2.16. The third kappa shape index (κ3) is 3.13. The summed E-state index contributed by atoms with van der Waals surface area (Å²) in [6, 6.07) is 4.39. The molecule has 3 N–H and O–H groups in total. The van der Waals surface area contributed by atoms with Gasteiger partial charge in [-0.2, -0.15) is 0 Å². The Morgan fingerprint density at radius 1 is 1.56 bits per heavy atom. The van der Waals surface area contributed by atoms with Crippen molar-refractivity contribution in [1.82, 2.24) is 0 Å². The third-order valence-corrected chi connectivity index (χ3v) is 3.63. The summed E-state index contributed by atoms with van der Waals surface area (Å²) >= 11 is 1.18. The van der Waals surface area contributed by atoms with E-state index in [0.29, 0.717) is 16.3 Å². The van der Waals surface area contributed by atoms with E-state index < -0.39 is 17.2 Å². The zero-order valence-electron chi connectivity index (χ0n) is 9.16. The Morgan fingerprint density at radius 3 is 2.69 bits per heavy atom. The number of hydrogen-bond donors (Lipinski definition) is 2. The van der Waals surface area contributed by atoms with Crippen molar-refractivity contribution < 1.29 is 14.3 Å². The maximum Gasteiger partial charge on any atom is 0.309 e. The first-order valence-corrected chi connectivity index (χ1v) is 5.73. The normalized spacial score (nSPS) is 11.4. The van der Waals surface area contributed by atoms with Crippen molar-refractivity contribution in [1.29, 1.82) is 0 Å². The minimum atomic E-state index is -0.893. The molecule has 0 radical (unpaired) electrons. The van der Waals surface area contributed by atoms with Gasteiger partial charge in [0.15, 0.2) is 0 Å². The van der Waals surface area contributed by atoms with Gasteiger partial charge in [0.1, 0.15) is 5.82 Å². The number of aliphatic carboxylic acids is 1. The van der Waals surface area contributed by atoms with Crippen LogP contribution in [-0.2, 0) is 4.79 Å². The molecular weight excluding hydrogens is 229 g/mol. The van der Waals surface area contributed by atoms with E-state index in [0.717, 1.165) is 0 Å². The van der Waals surface area contributed by atoms with Crippen LogP contribution < -0.4 is 5.73 Å². The van der Waals surface area contributed by atoms with Gasteiger partial charge < -0.3 is 10.8 Å². The summed E-state index contributed by atoms with van der Waals surface area (Å²) < 4.78 is 13.4. The molecule has 0 aliphatic carbocycles. The topological polar surface area (TPSA) is 63.3 Å². The number of thioether (sulfide) groups is 1. The second-order valence-corrected chi connectivity index (χ2v) is 5.18. The lowest BCUT2D eigenvalue weighted by Gasteiger charge is -2.18. The minimum Gasteiger partial charge on any atom is -0.481 e. The predicted molar refractivity (Wildman–Crippen MR) is 63.0 cm³/mol. The van der Waals surface area contributed by atoms with Gasteiger partial charge in [0, 0.05) is 16.3 Å². The average molecular weight is 243 g/mol. The third-order valence-electron chi connectivity index (χ3n) is 2.12. The number of halogens is 1. The monoisotopic (exact) mass is 243 g/mol. The van der Waals surface area contributed by atoms with Crippen LogP contribution in [0.4, 0.5) is 10.1 Å². The van der Waals surface area contributed by atoms with Crippen LogP contribution >= 0.6 is 11.8 Å². The Bertz CT molecular complexity index is 407. The van der Waals surface area contributed by atoms with Crippen molar-refractivity contribution in [3.8, 4) is 0 Å². The first-order chi connectivity index (χ1) is 7.33. The van der Waals surface area contributed by atoms with Gasteiger partial charge in [-0.25, -0.2) is 4.39 Å². The number of carboxylic acids is 1. The number of nitrogen functional groups attached to an aromatic ring is 1. The second-order valence-electron chi connectivity index (χ2n) is 4.17. The zero-order chi connectivity index (χ0) is 12.3. The highest BCUT2D eigenvalue weighted by atomic mass is 32.2. The Kier molecular flexibility index (Phi) is 3.80. The Morgan fingerprint density at radius 2 is 2.19 bits per heavy atom. The van der Waals surface area contributed by atoms with E-state index in [4.69, 9.17) is 10.8 Å². The molecule has 0 amide bonds. The van der Waals surface area contributed by atoms with Crippen LogP contribution in [0.3, 0.4) is 0 Å². The molecule has 0 spiro atoms. The maximum atomic E-state index is 13.4. The number of anilines is 1. The lowest BCUT2D eigenvalue weighted by atomic mass is 9.97. The molecule has 0 heterocycles. The molecule has 0 saturated heterocycles. The Hall–Kier alpha value is -1.23. The van der Waals surface area contributed by atoms with E-state index >= 15 is 0 Å². The lowest BCUT2D eigenvalue weighted by molar-refractivity contribution is -0.145. The van der Waals surface area contributed by atoms with E-state index in [1.165, 1.54) is 17.8 Å². The van der Waals surface area contributed by atoms with Crippen molar-refractivity contribution in [2.45, 2.75) is 18.7 Å². The number of hydrogen-bond acceptors (Lipinski definition) is 3. The summed E-state index contributed by atoms with van der Waals surface area (Å²) in [4.78, 5) is 11.3. The van der Waals surface area contributed by atoms with Crippen molar-refractivity contribution in [3.63, 3.8) is 0 Å². The van der Waals surface area contributed by atoms with Gasteiger partial charge in [-0.05, 0) is 32.0 Å². The van der Waals surface area contributed by atoms with Gasteiger partial charge in [0.2, 0.25) is 0 Å². The van der Waals surface area contributed by atoms with Crippen molar-refractivity contribution in [3.05, 3.63) is 24.0 Å². The molecule has 0 unspecified atom stereocenters. The van der Waals surface area contributed by atoms with Gasteiger partial charge in [-0.3, -0.25) is 4.79 Å². The van der Waals surface area contributed by atoms with Gasteiger partial charge in [0.05, 0.1) is 5.41 Å². The fraction of sp³-hybridized carbons (Fsp3) is 0.364. The smallest absolute Gasteiger partial charge is 0.309 e. The van der Waals surface area contributed by atoms with E-state index in [2.05, 4.69) is 0 Å². The molecule has 0 aliphatic heterocycles. The summed E-state index contributed by atoms with van der Waals surface area (Å²) in [5.41, 5.74) is 4.90. The van der Waals surface area contributed by atoms with E-state index in [1.54, 1.807) is 26.0 Å². The molecule has 1 aromatic rings. The molecule has 1 rings (SSSR count). The first kappa shape index (κ1) is 12.8. The van der Waals surface area contributed by atoms with Crippen LogP contribution in [-0.4, -0.2) is 16.8 Å². The SMILES string of the molecule is CC(C)(CSc1ccc(N)cc1F)C(=O)O. The van der Waals surface area contributed by atoms with E-state index in [-0.39, 0.29) is 0 Å². The maximum absolute atomic E-state index is 13.4. The van der Waals surface area contributed by atoms with Gasteiger partial charge in [0.25, 0.3) is 0 Å². The van der Waals surface area contributed by atoms with Gasteiger partial charge in [-0.15, -0.1) is 11.8 Å². The van der Waals surface area contributed by atoms with Crippen LogP contribution in [0.1, 0.15) is 13.8 Å². The molecule has 0 aromatic heterocycles. The summed E-state index contributed by atoms with van der Waals surface area (Å²) in [5, 5.41) is 8.91. The molecule has 0 bridgehead atoms. The molecule has 16 heavy (non-hydrogen) atoms. The van der Waals surface area contributed by atoms with Gasteiger partial charge in [-0.1, -0.05) is 0 Å². The van der Waals surface area contributed by atoms with Crippen LogP contribution in [0, 0.1) is 11.2 Å². The molecule has 0 aliphatic rings. The largest absolute Gasteiger partial charge is 0.481 e. The highest BCUT2D eigenvalue weighted by Gasteiger charge is 2.27. The lowest BCUT2D eigenvalue weighted by Crippen LogP contribution is -2.26. The summed E-state index contributed by atoms with van der Waals surface area (Å²) in [5.74, 6) is -0.995. The Labute approximate surface area is 97.8 Å². The summed E-state index contributed by atoms with van der Waals surface area (Å²) in [6.45, 7) is 3.22. The fourth-order valence-corrected chi connectivity index (χ4v) is 1.95. The van der Waals surface area contributed by atoms with E-state index in [9.17, 15) is 9.18 Å². The number of rotatable bonds is 4. The molecule has 3 nitrogen and oxygen atoms in total. The Balaban J connectivity index is 2.72. The molecular formula is C11H14FNO2S. The second kappa shape index (κ2) is 4.74. The van der Waals surface area contributed by atoms with Crippen molar-refractivity contribution in [2.24, 2.45) is 5.41 Å². The standard InChI is InChI=1S/C11H14FNO2S/c1-11(2,10(14)15)6-16-9-4-3-7(13)5-8(9)12/h3-5H,6,13H2,1-2H3,(H,14,15). The quantitative estimate of drug-likeness (QED) is 0.630. The minimum absolute atomic E-state index is 0.309. The number of benzene rings is 1. The summed E-state index contributed by atoms with van der Waals surface area (Å²) in [6.07, 6.45) is 0. The first-order valence-electron chi connectivity index (χ1n) is 4.74. The zero-order valence-corrected chi connectivity index (χ0v) is 9.97. The number of carbonyl (C=O) groups is 1. The number of carboxylic acid groups (broad SMARTS) is 1. The molecule has 88 valence electrons. The van der Waals surface area contributed by atoms with E-state index in [1.807, 2.05) is 0 Å². The van der Waals surface area contributed by atoms with Crippen molar-refractivity contribution in [2.75, 3.05) is 11.5 Å². The van der Waals surface area contributed by atoms with Crippen molar-refractivity contribution >= 4 is 23.4 Å². The molecule has 0 saturated carbocycles. The van der Waals surface area contributed by atoms with Gasteiger partial charge >= 0.3 is 5.97 Å². The highest BCUT2D eigenvalue weighted by molar-refractivity contribution is 7.99. The van der Waals surface area contributed by atoms with Crippen LogP contribution in [0.15, 0.2) is 23.1 Å². The summed E-state index contributed by atoms with van der Waals surface area (Å²) in [7, 11) is 0. The molecule has 0 fully saturated rings. The molecule has 0 atom stereocenters. The van der Waals surface area contributed by atoms with Crippen LogP contribution in [0.25, 0.3) is 0 Å². The molecule has 5 heteroatoms. The van der Waals surface area contributed by atoms with Crippen LogP contribution in [0.2, 0.25) is 0 Å². The number of nitrogens with two attached hydrogens (primary N) is 1. The highest BCUT2D eigenvalue weighted by Crippen LogP contribution is 2.30. The fourth-order valence-electron chi connectivity index (χ4n) is 0.954.